The number of hydrogen-bond donors (Lipinski definition) is 2. The monoisotopic (exact) mass is 270 g/mol. The molecule has 20 heavy (non-hydrogen) atoms. The molecule has 0 spiro atoms. The molecule has 102 valence electrons. The Bertz CT molecular complexity index is 667. The van der Waals surface area contributed by atoms with Crippen LogP contribution in [0.4, 0.5) is 0 Å². The average Bonchev–Trinajstić information content (AvgIpc) is 2.88. The van der Waals surface area contributed by atoms with Crippen LogP contribution in [0.5, 0.6) is 0 Å². The van der Waals surface area contributed by atoms with Gasteiger partial charge < -0.3 is 15.6 Å². The molecule has 0 aliphatic rings. The molecule has 2 rings (SSSR count). The molecule has 1 heterocycles. The highest BCUT2D eigenvalue weighted by atomic mass is 16.5. The number of aromatic nitrogens is 2. The van der Waals surface area contributed by atoms with Crippen molar-refractivity contribution in [2.45, 2.75) is 13.5 Å². The fourth-order valence-electron chi connectivity index (χ4n) is 1.57. The van der Waals surface area contributed by atoms with Gasteiger partial charge in [0, 0.05) is 18.1 Å². The van der Waals surface area contributed by atoms with E-state index in [0.29, 0.717) is 17.3 Å². The first kappa shape index (κ1) is 13.8. The van der Waals surface area contributed by atoms with Crippen molar-refractivity contribution in [3.63, 3.8) is 0 Å². The van der Waals surface area contributed by atoms with E-state index in [1.165, 1.54) is 0 Å². The smallest absolute Gasteiger partial charge is 0.251 e. The fourth-order valence-corrected chi connectivity index (χ4v) is 1.57. The van der Waals surface area contributed by atoms with E-state index in [9.17, 15) is 4.79 Å². The lowest BCUT2D eigenvalue weighted by atomic mass is 10.1. The lowest BCUT2D eigenvalue weighted by molar-refractivity contribution is 0.0949. The van der Waals surface area contributed by atoms with E-state index in [1.54, 1.807) is 25.1 Å². The lowest BCUT2D eigenvalue weighted by Crippen LogP contribution is -2.23. The molecular formula is C14H14N4O2. The van der Waals surface area contributed by atoms with Gasteiger partial charge in [-0.2, -0.15) is 4.98 Å². The minimum Gasteiger partial charge on any atom is -0.345 e. The molecule has 0 aliphatic heterocycles. The Kier molecular flexibility index (Phi) is 4.47. The molecule has 0 radical (unpaired) electrons. The number of amides is 1. The Morgan fingerprint density at radius 2 is 2.35 bits per heavy atom. The zero-order valence-electron chi connectivity index (χ0n) is 11.0. The van der Waals surface area contributed by atoms with Crippen LogP contribution in [-0.4, -0.2) is 22.6 Å². The third kappa shape index (κ3) is 3.67. The predicted octanol–water partition coefficient (Wildman–Crippen LogP) is 0.618. The standard InChI is InChI=1S/C14H14N4O2/c1-10-17-13(18-20-10)9-16-14(19)12-6-2-4-11(8-12)5-3-7-15/h2,4,6,8H,7,9,15H2,1H3,(H,16,19). The Morgan fingerprint density at radius 1 is 1.50 bits per heavy atom. The van der Waals surface area contributed by atoms with Gasteiger partial charge in [0.05, 0.1) is 13.1 Å². The van der Waals surface area contributed by atoms with Gasteiger partial charge in [-0.05, 0) is 18.2 Å². The van der Waals surface area contributed by atoms with E-state index in [2.05, 4.69) is 27.3 Å². The first-order valence-electron chi connectivity index (χ1n) is 6.05. The Morgan fingerprint density at radius 3 is 3.05 bits per heavy atom. The molecule has 1 aromatic carbocycles. The van der Waals surface area contributed by atoms with Crippen molar-refractivity contribution in [2.75, 3.05) is 6.54 Å². The summed E-state index contributed by atoms with van der Waals surface area (Å²) in [4.78, 5) is 16.0. The second kappa shape index (κ2) is 6.50. The maximum absolute atomic E-state index is 12.0. The van der Waals surface area contributed by atoms with Crippen LogP contribution in [0.15, 0.2) is 28.8 Å². The number of carbonyl (C=O) groups excluding carboxylic acids is 1. The molecule has 0 aliphatic carbocycles. The van der Waals surface area contributed by atoms with Crippen LogP contribution in [0.1, 0.15) is 27.6 Å². The topological polar surface area (TPSA) is 94.0 Å². The van der Waals surface area contributed by atoms with E-state index in [4.69, 9.17) is 10.3 Å². The lowest BCUT2D eigenvalue weighted by Gasteiger charge is -2.02. The molecule has 0 atom stereocenters. The molecule has 1 aromatic heterocycles. The van der Waals surface area contributed by atoms with Crippen LogP contribution >= 0.6 is 0 Å². The maximum Gasteiger partial charge on any atom is 0.251 e. The van der Waals surface area contributed by atoms with Crippen LogP contribution in [0.2, 0.25) is 0 Å². The molecule has 1 amide bonds. The minimum atomic E-state index is -0.219. The molecule has 0 unspecified atom stereocenters. The van der Waals surface area contributed by atoms with Crippen molar-refractivity contribution in [3.8, 4) is 11.8 Å². The zero-order chi connectivity index (χ0) is 14.4. The minimum absolute atomic E-state index is 0.217. The van der Waals surface area contributed by atoms with E-state index in [1.807, 2.05) is 6.07 Å². The van der Waals surface area contributed by atoms with E-state index in [-0.39, 0.29) is 19.0 Å². The van der Waals surface area contributed by atoms with Crippen molar-refractivity contribution < 1.29 is 9.32 Å². The summed E-state index contributed by atoms with van der Waals surface area (Å²) >= 11 is 0. The molecule has 0 fully saturated rings. The highest BCUT2D eigenvalue weighted by Gasteiger charge is 2.08. The summed E-state index contributed by atoms with van der Waals surface area (Å²) in [6, 6.07) is 7.01. The molecule has 0 bridgehead atoms. The van der Waals surface area contributed by atoms with Gasteiger partial charge in [-0.15, -0.1) is 0 Å². The van der Waals surface area contributed by atoms with Gasteiger partial charge in [-0.25, -0.2) is 0 Å². The number of carbonyl (C=O) groups is 1. The summed E-state index contributed by atoms with van der Waals surface area (Å²) in [5.41, 5.74) is 6.58. The maximum atomic E-state index is 12.0. The quantitative estimate of drug-likeness (QED) is 0.797. The second-order valence-electron chi connectivity index (χ2n) is 4.00. The highest BCUT2D eigenvalue weighted by molar-refractivity contribution is 5.94. The number of nitrogens with zero attached hydrogens (tertiary/aromatic N) is 2. The van der Waals surface area contributed by atoms with Crippen molar-refractivity contribution in [1.82, 2.24) is 15.5 Å². The Labute approximate surface area is 116 Å². The van der Waals surface area contributed by atoms with E-state index < -0.39 is 0 Å². The van der Waals surface area contributed by atoms with Crippen LogP contribution < -0.4 is 11.1 Å². The van der Waals surface area contributed by atoms with Gasteiger partial charge in [0.1, 0.15) is 0 Å². The van der Waals surface area contributed by atoms with E-state index >= 15 is 0 Å². The summed E-state index contributed by atoms with van der Waals surface area (Å²) < 4.78 is 4.82. The highest BCUT2D eigenvalue weighted by Crippen LogP contribution is 2.04. The van der Waals surface area contributed by atoms with Gasteiger partial charge >= 0.3 is 0 Å². The van der Waals surface area contributed by atoms with Crippen LogP contribution in [0, 0.1) is 18.8 Å². The third-order valence-electron chi connectivity index (χ3n) is 2.44. The second-order valence-corrected chi connectivity index (χ2v) is 4.00. The van der Waals surface area contributed by atoms with Gasteiger partial charge in [0.25, 0.3) is 5.91 Å². The van der Waals surface area contributed by atoms with Crippen LogP contribution in [0.3, 0.4) is 0 Å². The largest absolute Gasteiger partial charge is 0.345 e. The van der Waals surface area contributed by atoms with Crippen molar-refractivity contribution in [3.05, 3.63) is 47.1 Å². The van der Waals surface area contributed by atoms with Crippen LogP contribution in [0.25, 0.3) is 0 Å². The van der Waals surface area contributed by atoms with Gasteiger partial charge in [0.15, 0.2) is 5.82 Å². The molecule has 0 saturated heterocycles. The first-order chi connectivity index (χ1) is 9.69. The summed E-state index contributed by atoms with van der Waals surface area (Å²) in [6.07, 6.45) is 0. The third-order valence-corrected chi connectivity index (χ3v) is 2.44. The molecule has 3 N–H and O–H groups in total. The van der Waals surface area contributed by atoms with E-state index in [0.717, 1.165) is 5.56 Å². The summed E-state index contributed by atoms with van der Waals surface area (Å²) in [5.74, 6) is 6.31. The normalized spacial score (nSPS) is 9.70. The SMILES string of the molecule is Cc1nc(CNC(=O)c2cccc(C#CCN)c2)no1. The van der Waals surface area contributed by atoms with Gasteiger partial charge in [0.2, 0.25) is 5.89 Å². The molecule has 6 nitrogen and oxygen atoms in total. The Hall–Kier alpha value is -2.65. The molecule has 6 heteroatoms. The molecule has 2 aromatic rings. The Balaban J connectivity index is 2.01. The predicted molar refractivity (Wildman–Crippen MR) is 72.6 cm³/mol. The average molecular weight is 270 g/mol. The van der Waals surface area contributed by atoms with Crippen molar-refractivity contribution in [1.29, 1.82) is 0 Å². The first-order valence-corrected chi connectivity index (χ1v) is 6.05. The number of nitrogens with one attached hydrogen (secondary N) is 1. The number of benzene rings is 1. The molecular weight excluding hydrogens is 256 g/mol. The van der Waals surface area contributed by atoms with Crippen molar-refractivity contribution in [2.24, 2.45) is 5.73 Å². The van der Waals surface area contributed by atoms with Gasteiger partial charge in [-0.1, -0.05) is 23.1 Å². The van der Waals surface area contributed by atoms with Crippen molar-refractivity contribution >= 4 is 5.91 Å². The zero-order valence-corrected chi connectivity index (χ0v) is 11.0. The summed E-state index contributed by atoms with van der Waals surface area (Å²) in [5, 5.41) is 6.42. The summed E-state index contributed by atoms with van der Waals surface area (Å²) in [7, 11) is 0. The number of nitrogens with two attached hydrogens (primary N) is 1. The van der Waals surface area contributed by atoms with Crippen LogP contribution in [-0.2, 0) is 6.54 Å². The number of aryl methyl sites for hydroxylation is 1. The molecule has 0 saturated carbocycles. The number of rotatable bonds is 3. The van der Waals surface area contributed by atoms with Gasteiger partial charge in [-0.3, -0.25) is 4.79 Å². The number of hydrogen-bond acceptors (Lipinski definition) is 5. The fraction of sp³-hybridized carbons (Fsp3) is 0.214. The summed E-state index contributed by atoms with van der Waals surface area (Å²) in [6.45, 7) is 2.19.